The van der Waals surface area contributed by atoms with Gasteiger partial charge in [0.2, 0.25) is 0 Å². The molecule has 2 aliphatic rings. The fraction of sp³-hybridized carbons (Fsp3) is 0.667. The van der Waals surface area contributed by atoms with Crippen LogP contribution in [0.4, 0.5) is 5.69 Å². The minimum atomic E-state index is 0. The summed E-state index contributed by atoms with van der Waals surface area (Å²) in [5.74, 6) is 1.58. The number of piperazine rings is 1. The number of aryl methyl sites for hydroxylation is 1. The Morgan fingerprint density at radius 3 is 2.48 bits per heavy atom. The van der Waals surface area contributed by atoms with E-state index >= 15 is 0 Å². The highest BCUT2D eigenvalue weighted by atomic mass is 127. The molecule has 27 heavy (non-hydrogen) atoms. The molecule has 0 spiro atoms. The van der Waals surface area contributed by atoms with E-state index in [0.29, 0.717) is 0 Å². The maximum Gasteiger partial charge on any atom is 0.191 e. The molecule has 0 saturated carbocycles. The fourth-order valence-electron chi connectivity index (χ4n) is 3.88. The molecule has 3 rings (SSSR count). The molecule has 6 heteroatoms. The van der Waals surface area contributed by atoms with E-state index in [1.807, 2.05) is 0 Å². The molecule has 2 saturated heterocycles. The summed E-state index contributed by atoms with van der Waals surface area (Å²) in [7, 11) is 0. The molecule has 0 aliphatic carbocycles. The number of nitrogens with two attached hydrogens (primary N) is 1. The zero-order chi connectivity index (χ0) is 18.4. The normalized spacial score (nSPS) is 19.9. The summed E-state index contributed by atoms with van der Waals surface area (Å²) < 4.78 is 0. The van der Waals surface area contributed by atoms with Gasteiger partial charge in [0.1, 0.15) is 0 Å². The van der Waals surface area contributed by atoms with E-state index in [4.69, 9.17) is 5.73 Å². The van der Waals surface area contributed by atoms with Crippen LogP contribution >= 0.6 is 24.0 Å². The molecule has 0 amide bonds. The van der Waals surface area contributed by atoms with Gasteiger partial charge in [-0.05, 0) is 49.8 Å². The molecule has 152 valence electrons. The van der Waals surface area contributed by atoms with Crippen molar-refractivity contribution >= 4 is 35.6 Å². The van der Waals surface area contributed by atoms with Crippen molar-refractivity contribution in [1.82, 2.24) is 9.80 Å². The summed E-state index contributed by atoms with van der Waals surface area (Å²) in [5.41, 5.74) is 8.86. The van der Waals surface area contributed by atoms with Gasteiger partial charge < -0.3 is 15.5 Å². The monoisotopic (exact) mass is 485 g/mol. The Morgan fingerprint density at radius 2 is 1.81 bits per heavy atom. The van der Waals surface area contributed by atoms with Crippen LogP contribution in [0.15, 0.2) is 29.3 Å². The summed E-state index contributed by atoms with van der Waals surface area (Å²) in [6.07, 6.45) is 3.57. The van der Waals surface area contributed by atoms with E-state index in [1.165, 1.54) is 24.1 Å². The van der Waals surface area contributed by atoms with E-state index in [2.05, 4.69) is 57.8 Å². The molecule has 0 unspecified atom stereocenters. The van der Waals surface area contributed by atoms with Gasteiger partial charge in [0.25, 0.3) is 0 Å². The highest BCUT2D eigenvalue weighted by Gasteiger charge is 2.18. The number of anilines is 1. The molecule has 1 aromatic carbocycles. The molecule has 2 aliphatic heterocycles. The first-order valence-corrected chi connectivity index (χ1v) is 10.2. The second-order valence-corrected chi connectivity index (χ2v) is 7.93. The van der Waals surface area contributed by atoms with Crippen LogP contribution in [0.2, 0.25) is 0 Å². The van der Waals surface area contributed by atoms with Crippen molar-refractivity contribution in [2.75, 3.05) is 57.3 Å². The van der Waals surface area contributed by atoms with Gasteiger partial charge in [-0.3, -0.25) is 9.89 Å². The van der Waals surface area contributed by atoms with Crippen molar-refractivity contribution in [2.24, 2.45) is 16.6 Å². The van der Waals surface area contributed by atoms with Crippen molar-refractivity contribution in [2.45, 2.75) is 33.1 Å². The first-order valence-electron chi connectivity index (χ1n) is 10.2. The number of hydrogen-bond acceptors (Lipinski definition) is 3. The molecule has 0 atom stereocenters. The van der Waals surface area contributed by atoms with Gasteiger partial charge >= 0.3 is 0 Å². The number of nitrogens with zero attached hydrogens (tertiary/aromatic N) is 4. The van der Waals surface area contributed by atoms with Gasteiger partial charge in [0.05, 0.1) is 0 Å². The lowest BCUT2D eigenvalue weighted by Crippen LogP contribution is -2.46. The van der Waals surface area contributed by atoms with Crippen LogP contribution in [0.5, 0.6) is 0 Å². The summed E-state index contributed by atoms with van der Waals surface area (Å²) in [5, 5.41) is 0. The smallest absolute Gasteiger partial charge is 0.191 e. The molecule has 5 nitrogen and oxygen atoms in total. The Labute approximate surface area is 182 Å². The average molecular weight is 485 g/mol. The Kier molecular flexibility index (Phi) is 9.15. The average Bonchev–Trinajstić information content (AvgIpc) is 2.66. The molecular formula is C21H36IN5. The Hall–Kier alpha value is -1.02. The number of piperidine rings is 1. The summed E-state index contributed by atoms with van der Waals surface area (Å²) >= 11 is 0. The van der Waals surface area contributed by atoms with Gasteiger partial charge in [0, 0.05) is 58.0 Å². The van der Waals surface area contributed by atoms with Crippen molar-refractivity contribution in [3.8, 4) is 0 Å². The quantitative estimate of drug-likeness (QED) is 0.301. The van der Waals surface area contributed by atoms with E-state index in [0.717, 1.165) is 70.7 Å². The lowest BCUT2D eigenvalue weighted by molar-refractivity contribution is 0.255. The van der Waals surface area contributed by atoms with Gasteiger partial charge in [-0.2, -0.15) is 0 Å². The second-order valence-electron chi connectivity index (χ2n) is 7.93. The minimum Gasteiger partial charge on any atom is -0.370 e. The van der Waals surface area contributed by atoms with E-state index in [1.54, 1.807) is 0 Å². The molecule has 2 fully saturated rings. The minimum absolute atomic E-state index is 0. The van der Waals surface area contributed by atoms with Crippen LogP contribution in [0.1, 0.15) is 31.7 Å². The third-order valence-corrected chi connectivity index (χ3v) is 5.75. The van der Waals surface area contributed by atoms with Crippen LogP contribution in [-0.4, -0.2) is 68.1 Å². The number of guanidine groups is 1. The van der Waals surface area contributed by atoms with Crippen molar-refractivity contribution in [1.29, 1.82) is 0 Å². The second kappa shape index (κ2) is 11.1. The Balaban J connectivity index is 0.00000261. The van der Waals surface area contributed by atoms with Crippen LogP contribution in [0.25, 0.3) is 0 Å². The van der Waals surface area contributed by atoms with Gasteiger partial charge in [-0.1, -0.05) is 19.1 Å². The van der Waals surface area contributed by atoms with Crippen molar-refractivity contribution in [3.63, 3.8) is 0 Å². The topological polar surface area (TPSA) is 48.1 Å². The molecule has 2 heterocycles. The van der Waals surface area contributed by atoms with Gasteiger partial charge in [-0.25, -0.2) is 0 Å². The maximum absolute atomic E-state index is 6.16. The number of benzene rings is 1. The Morgan fingerprint density at radius 1 is 1.11 bits per heavy atom. The third kappa shape index (κ3) is 6.82. The number of halogens is 1. The van der Waals surface area contributed by atoms with Crippen LogP contribution in [0.3, 0.4) is 0 Å². The summed E-state index contributed by atoms with van der Waals surface area (Å²) in [6.45, 7) is 13.1. The molecule has 0 aromatic heterocycles. The van der Waals surface area contributed by atoms with E-state index < -0.39 is 0 Å². The maximum atomic E-state index is 6.16. The largest absolute Gasteiger partial charge is 0.370 e. The van der Waals surface area contributed by atoms with Crippen LogP contribution < -0.4 is 10.6 Å². The highest BCUT2D eigenvalue weighted by molar-refractivity contribution is 14.0. The predicted molar refractivity (Wildman–Crippen MR) is 126 cm³/mol. The molecular weight excluding hydrogens is 449 g/mol. The van der Waals surface area contributed by atoms with Gasteiger partial charge in [0.15, 0.2) is 5.96 Å². The number of likely N-dealkylation sites (tertiary alicyclic amines) is 1. The Bertz CT molecular complexity index is 590. The number of rotatable bonds is 5. The summed E-state index contributed by atoms with van der Waals surface area (Å²) in [4.78, 5) is 11.9. The summed E-state index contributed by atoms with van der Waals surface area (Å²) in [6, 6.07) is 8.83. The molecule has 2 N–H and O–H groups in total. The standard InChI is InChI=1S/C21H35N5.HI/c1-18-7-11-26(12-8-18)21(22)23-9-4-10-24-13-15-25(16-14-24)20-6-3-5-19(2)17-20;/h3,5-6,17-18H,4,7-16H2,1-2H3,(H2,22,23);1H. The zero-order valence-electron chi connectivity index (χ0n) is 16.9. The lowest BCUT2D eigenvalue weighted by Gasteiger charge is -2.36. The van der Waals surface area contributed by atoms with Crippen molar-refractivity contribution < 1.29 is 0 Å². The van der Waals surface area contributed by atoms with Crippen molar-refractivity contribution in [3.05, 3.63) is 29.8 Å². The molecule has 0 bridgehead atoms. The van der Waals surface area contributed by atoms with E-state index in [-0.39, 0.29) is 24.0 Å². The SMILES string of the molecule is Cc1cccc(N2CCN(CCCN=C(N)N3CCC(C)CC3)CC2)c1.I. The highest BCUT2D eigenvalue weighted by Crippen LogP contribution is 2.18. The first-order chi connectivity index (χ1) is 12.6. The first kappa shape index (κ1) is 22.3. The van der Waals surface area contributed by atoms with Crippen LogP contribution in [0, 0.1) is 12.8 Å². The van der Waals surface area contributed by atoms with Gasteiger partial charge in [-0.15, -0.1) is 24.0 Å². The number of hydrogen-bond donors (Lipinski definition) is 1. The predicted octanol–water partition coefficient (Wildman–Crippen LogP) is 3.17. The molecule has 1 aromatic rings. The third-order valence-electron chi connectivity index (χ3n) is 5.75. The fourth-order valence-corrected chi connectivity index (χ4v) is 3.88. The molecule has 0 radical (unpaired) electrons. The number of aliphatic imine (C=N–C) groups is 1. The van der Waals surface area contributed by atoms with Crippen LogP contribution in [-0.2, 0) is 0 Å². The van der Waals surface area contributed by atoms with E-state index in [9.17, 15) is 0 Å². The lowest BCUT2D eigenvalue weighted by atomic mass is 10.00. The zero-order valence-corrected chi connectivity index (χ0v) is 19.3.